The summed E-state index contributed by atoms with van der Waals surface area (Å²) in [6, 6.07) is 0. The summed E-state index contributed by atoms with van der Waals surface area (Å²) in [7, 11) is 0. The summed E-state index contributed by atoms with van der Waals surface area (Å²) in [5.74, 6) is 2.12. The van der Waals surface area contributed by atoms with Crippen molar-refractivity contribution in [1.29, 1.82) is 0 Å². The second kappa shape index (κ2) is 2.37. The van der Waals surface area contributed by atoms with Crippen molar-refractivity contribution in [3.63, 3.8) is 0 Å². The van der Waals surface area contributed by atoms with Gasteiger partial charge in [0.05, 0.1) is 0 Å². The van der Waals surface area contributed by atoms with Gasteiger partial charge >= 0.3 is 6.09 Å². The molecule has 4 heteroatoms. The predicted molar refractivity (Wildman–Crippen MR) is 39.4 cm³/mol. The molecule has 1 amide bonds. The monoisotopic (exact) mass is 156 g/mol. The van der Waals surface area contributed by atoms with E-state index >= 15 is 0 Å². The standard InChI is InChI=1S/C7H12N2O2/c10-7(11)9-3-6-4-1-8-2-5(4)6/h4-6,8-9H,1-3H2,(H,10,11)/t4-,5+,6+. The smallest absolute Gasteiger partial charge is 0.404 e. The third-order valence-corrected chi connectivity index (χ3v) is 2.76. The molecule has 4 nitrogen and oxygen atoms in total. The van der Waals surface area contributed by atoms with E-state index in [1.54, 1.807) is 0 Å². The van der Waals surface area contributed by atoms with Crippen LogP contribution in [0.15, 0.2) is 0 Å². The molecule has 2 rings (SSSR count). The Labute approximate surface area is 65.0 Å². The number of carboxylic acid groups (broad SMARTS) is 1. The van der Waals surface area contributed by atoms with Crippen molar-refractivity contribution < 1.29 is 9.90 Å². The molecule has 3 atom stereocenters. The third kappa shape index (κ3) is 1.18. The second-order valence-corrected chi connectivity index (χ2v) is 3.34. The van der Waals surface area contributed by atoms with Crippen molar-refractivity contribution >= 4 is 6.09 Å². The minimum absolute atomic E-state index is 0.618. The normalized spacial score (nSPS) is 39.8. The van der Waals surface area contributed by atoms with Gasteiger partial charge in [-0.1, -0.05) is 0 Å². The van der Waals surface area contributed by atoms with Gasteiger partial charge in [-0.15, -0.1) is 0 Å². The lowest BCUT2D eigenvalue weighted by Gasteiger charge is -2.02. The number of carbonyl (C=O) groups is 1. The Bertz CT molecular complexity index is 173. The summed E-state index contributed by atoms with van der Waals surface area (Å²) < 4.78 is 0. The average Bonchev–Trinajstić information content (AvgIpc) is 2.44. The third-order valence-electron chi connectivity index (χ3n) is 2.76. The fourth-order valence-electron chi connectivity index (χ4n) is 2.05. The summed E-state index contributed by atoms with van der Waals surface area (Å²) in [5.41, 5.74) is 0. The zero-order valence-corrected chi connectivity index (χ0v) is 6.21. The van der Waals surface area contributed by atoms with Crippen LogP contribution in [-0.4, -0.2) is 30.8 Å². The van der Waals surface area contributed by atoms with Crippen molar-refractivity contribution in [2.24, 2.45) is 17.8 Å². The summed E-state index contributed by atoms with van der Waals surface area (Å²) >= 11 is 0. The van der Waals surface area contributed by atoms with E-state index in [0.717, 1.165) is 24.9 Å². The zero-order valence-electron chi connectivity index (χ0n) is 6.21. The van der Waals surface area contributed by atoms with E-state index < -0.39 is 6.09 Å². The van der Waals surface area contributed by atoms with E-state index in [4.69, 9.17) is 5.11 Å². The molecule has 0 aromatic rings. The number of hydrogen-bond acceptors (Lipinski definition) is 2. The highest BCUT2D eigenvalue weighted by atomic mass is 16.4. The van der Waals surface area contributed by atoms with E-state index in [1.165, 1.54) is 0 Å². The Hall–Kier alpha value is -0.770. The average molecular weight is 156 g/mol. The molecule has 3 N–H and O–H groups in total. The van der Waals surface area contributed by atoms with Gasteiger partial charge in [0.25, 0.3) is 0 Å². The van der Waals surface area contributed by atoms with Crippen molar-refractivity contribution in [2.75, 3.05) is 19.6 Å². The van der Waals surface area contributed by atoms with Crippen LogP contribution in [0.3, 0.4) is 0 Å². The Morgan fingerprint density at radius 3 is 2.73 bits per heavy atom. The second-order valence-electron chi connectivity index (χ2n) is 3.34. The molecule has 0 aromatic carbocycles. The van der Waals surface area contributed by atoms with E-state index in [2.05, 4.69) is 10.6 Å². The van der Waals surface area contributed by atoms with Gasteiger partial charge in [0, 0.05) is 6.54 Å². The largest absolute Gasteiger partial charge is 0.465 e. The fourth-order valence-corrected chi connectivity index (χ4v) is 2.05. The van der Waals surface area contributed by atoms with E-state index in [-0.39, 0.29) is 0 Å². The molecule has 1 heterocycles. The topological polar surface area (TPSA) is 61.4 Å². The molecule has 1 aliphatic heterocycles. The van der Waals surface area contributed by atoms with E-state index in [1.807, 2.05) is 0 Å². The van der Waals surface area contributed by atoms with Crippen molar-refractivity contribution in [2.45, 2.75) is 0 Å². The van der Waals surface area contributed by atoms with Crippen molar-refractivity contribution in [3.8, 4) is 0 Å². The maximum absolute atomic E-state index is 10.1. The quantitative estimate of drug-likeness (QED) is 0.515. The molecule has 0 aromatic heterocycles. The molecule has 11 heavy (non-hydrogen) atoms. The molecule has 2 aliphatic rings. The van der Waals surface area contributed by atoms with Gasteiger partial charge in [0.15, 0.2) is 0 Å². The zero-order chi connectivity index (χ0) is 7.84. The molecule has 1 saturated heterocycles. The molecule has 1 aliphatic carbocycles. The lowest BCUT2D eigenvalue weighted by atomic mass is 10.3. The van der Waals surface area contributed by atoms with Gasteiger partial charge in [-0.3, -0.25) is 0 Å². The van der Waals surface area contributed by atoms with E-state index in [0.29, 0.717) is 12.5 Å². The molecule has 0 radical (unpaired) electrons. The minimum Gasteiger partial charge on any atom is -0.465 e. The molecule has 0 bridgehead atoms. The van der Waals surface area contributed by atoms with Gasteiger partial charge in [-0.25, -0.2) is 4.79 Å². The van der Waals surface area contributed by atoms with Crippen LogP contribution in [0.5, 0.6) is 0 Å². The van der Waals surface area contributed by atoms with Gasteiger partial charge in [-0.2, -0.15) is 0 Å². The number of piperidine rings is 1. The molecular formula is C7H12N2O2. The first-order valence-electron chi connectivity index (χ1n) is 3.96. The Morgan fingerprint density at radius 1 is 1.55 bits per heavy atom. The molecule has 62 valence electrons. The Morgan fingerprint density at radius 2 is 2.18 bits per heavy atom. The predicted octanol–water partition coefficient (Wildman–Crippen LogP) is -0.281. The van der Waals surface area contributed by atoms with Crippen LogP contribution in [0.25, 0.3) is 0 Å². The maximum Gasteiger partial charge on any atom is 0.404 e. The van der Waals surface area contributed by atoms with Crippen LogP contribution < -0.4 is 10.6 Å². The van der Waals surface area contributed by atoms with Crippen LogP contribution in [0.4, 0.5) is 4.79 Å². The van der Waals surface area contributed by atoms with Crippen molar-refractivity contribution in [3.05, 3.63) is 0 Å². The van der Waals surface area contributed by atoms with Gasteiger partial charge < -0.3 is 15.7 Å². The number of rotatable bonds is 2. The minimum atomic E-state index is -0.900. The summed E-state index contributed by atoms with van der Waals surface area (Å²) in [5, 5.41) is 14.0. The molecular weight excluding hydrogens is 144 g/mol. The first-order chi connectivity index (χ1) is 5.29. The SMILES string of the molecule is O=C(O)NC[C@H]1[C@@H]2CNC[C@@H]21. The van der Waals surface area contributed by atoms with Gasteiger partial charge in [-0.05, 0) is 30.8 Å². The highest BCUT2D eigenvalue weighted by Gasteiger charge is 2.52. The summed E-state index contributed by atoms with van der Waals surface area (Å²) in [6.07, 6.45) is -0.900. The molecule has 0 spiro atoms. The lowest BCUT2D eigenvalue weighted by Crippen LogP contribution is -2.27. The Kier molecular flexibility index (Phi) is 1.49. The molecule has 0 unspecified atom stereocenters. The highest BCUT2D eigenvalue weighted by Crippen LogP contribution is 2.47. The van der Waals surface area contributed by atoms with Crippen LogP contribution in [0.1, 0.15) is 0 Å². The lowest BCUT2D eigenvalue weighted by molar-refractivity contribution is 0.193. The number of hydrogen-bond donors (Lipinski definition) is 3. The van der Waals surface area contributed by atoms with Gasteiger partial charge in [0.1, 0.15) is 0 Å². The first-order valence-corrected chi connectivity index (χ1v) is 3.96. The fraction of sp³-hybridized carbons (Fsp3) is 0.857. The maximum atomic E-state index is 10.1. The van der Waals surface area contributed by atoms with Crippen LogP contribution in [0.2, 0.25) is 0 Å². The highest BCUT2D eigenvalue weighted by molar-refractivity contribution is 5.64. The van der Waals surface area contributed by atoms with Crippen LogP contribution in [-0.2, 0) is 0 Å². The van der Waals surface area contributed by atoms with Crippen LogP contribution in [0, 0.1) is 17.8 Å². The molecule has 1 saturated carbocycles. The van der Waals surface area contributed by atoms with Crippen molar-refractivity contribution in [1.82, 2.24) is 10.6 Å². The number of nitrogens with one attached hydrogen (secondary N) is 2. The summed E-state index contributed by atoms with van der Waals surface area (Å²) in [6.45, 7) is 2.81. The van der Waals surface area contributed by atoms with Crippen LogP contribution >= 0.6 is 0 Å². The Balaban J connectivity index is 1.71. The van der Waals surface area contributed by atoms with Gasteiger partial charge in [0.2, 0.25) is 0 Å². The number of amides is 1. The molecule has 2 fully saturated rings. The first kappa shape index (κ1) is 6.91. The van der Waals surface area contributed by atoms with E-state index in [9.17, 15) is 4.79 Å². The number of fused-ring (bicyclic) bond motifs is 1. The summed E-state index contributed by atoms with van der Waals surface area (Å²) in [4.78, 5) is 10.1.